The van der Waals surface area contributed by atoms with E-state index in [0.29, 0.717) is 5.84 Å². The van der Waals surface area contributed by atoms with Crippen LogP contribution in [0.5, 0.6) is 11.5 Å². The predicted octanol–water partition coefficient (Wildman–Crippen LogP) is 9.67. The molecule has 0 aliphatic carbocycles. The molecule has 1 aliphatic rings. The van der Waals surface area contributed by atoms with Gasteiger partial charge in [-0.25, -0.2) is 9.98 Å². The number of methoxy groups -OCH3 is 2. The Morgan fingerprint density at radius 1 is 0.592 bits per heavy atom. The number of amidine groups is 1. The number of aromatic amines is 1. The van der Waals surface area contributed by atoms with Crippen LogP contribution >= 0.6 is 0 Å². The lowest BCUT2D eigenvalue weighted by Crippen LogP contribution is -2.21. The summed E-state index contributed by atoms with van der Waals surface area (Å²) >= 11 is 0. The standard InChI is InChI=1S/C42H45N5O2/c1-7-46(8-2)33-19-11-29(12-20-33)37-27-39(31-15-23-35(48-5)24-16-31)43-41(37)45-42-38(30-13-21-34(22-14-30)47(9-3)10-4)28-40(44-42)32-17-25-36(49-6)26-18-32/h11-28,43H,7-10H2,1-6H3. The summed E-state index contributed by atoms with van der Waals surface area (Å²) in [6, 6.07) is 35.7. The van der Waals surface area contributed by atoms with E-state index in [9.17, 15) is 0 Å². The molecule has 0 amide bonds. The van der Waals surface area contributed by atoms with E-state index in [1.807, 2.05) is 36.4 Å². The van der Waals surface area contributed by atoms with Gasteiger partial charge in [0.25, 0.3) is 0 Å². The number of rotatable bonds is 13. The minimum Gasteiger partial charge on any atom is -0.497 e. The zero-order valence-electron chi connectivity index (χ0n) is 29.3. The average Bonchev–Trinajstić information content (AvgIpc) is 3.78. The fourth-order valence-electron chi connectivity index (χ4n) is 6.28. The van der Waals surface area contributed by atoms with Gasteiger partial charge in [-0.2, -0.15) is 0 Å². The lowest BCUT2D eigenvalue weighted by Gasteiger charge is -2.21. The fourth-order valence-corrected chi connectivity index (χ4v) is 6.28. The highest BCUT2D eigenvalue weighted by atomic mass is 16.5. The lowest BCUT2D eigenvalue weighted by molar-refractivity contribution is 0.414. The molecule has 6 rings (SSSR count). The molecule has 0 saturated heterocycles. The number of nitrogens with one attached hydrogen (secondary N) is 1. The first-order valence-corrected chi connectivity index (χ1v) is 17.1. The van der Waals surface area contributed by atoms with E-state index < -0.39 is 0 Å². The SMILES string of the molecule is CCN(CC)c1ccc(C2=CC(c3ccc(OC)cc3)=NC2=Nc2[nH]c(-c3ccc(OC)cc3)cc2-c2ccc(N(CC)CC)cc2)cc1. The normalized spacial score (nSPS) is 13.3. The predicted molar refractivity (Wildman–Crippen MR) is 206 cm³/mol. The molecule has 7 heteroatoms. The molecule has 1 aromatic heterocycles. The summed E-state index contributed by atoms with van der Waals surface area (Å²) in [6.07, 6.45) is 2.14. The van der Waals surface area contributed by atoms with Crippen molar-refractivity contribution < 1.29 is 9.47 Å². The molecule has 1 N–H and O–H groups in total. The molecule has 4 aromatic carbocycles. The van der Waals surface area contributed by atoms with Crippen molar-refractivity contribution in [2.75, 3.05) is 50.2 Å². The molecular formula is C42H45N5O2. The van der Waals surface area contributed by atoms with Crippen LogP contribution in [0.4, 0.5) is 17.2 Å². The van der Waals surface area contributed by atoms with Crippen LogP contribution in [0.25, 0.3) is 28.0 Å². The number of aromatic nitrogens is 1. The molecule has 49 heavy (non-hydrogen) atoms. The quantitative estimate of drug-likeness (QED) is 0.138. The summed E-state index contributed by atoms with van der Waals surface area (Å²) in [5.41, 5.74) is 10.4. The fraction of sp³-hybridized carbons (Fsp3) is 0.238. The Morgan fingerprint density at radius 2 is 1.06 bits per heavy atom. The highest BCUT2D eigenvalue weighted by Crippen LogP contribution is 2.38. The molecule has 250 valence electrons. The number of allylic oxidation sites excluding steroid dienone is 1. The Kier molecular flexibility index (Phi) is 10.3. The maximum absolute atomic E-state index is 5.42. The van der Waals surface area contributed by atoms with Crippen molar-refractivity contribution in [2.45, 2.75) is 27.7 Å². The molecule has 5 aromatic rings. The number of hydrogen-bond donors (Lipinski definition) is 1. The van der Waals surface area contributed by atoms with Crippen molar-refractivity contribution in [2.24, 2.45) is 9.98 Å². The second-order valence-electron chi connectivity index (χ2n) is 11.8. The molecule has 2 heterocycles. The first-order chi connectivity index (χ1) is 24.0. The summed E-state index contributed by atoms with van der Waals surface area (Å²) in [4.78, 5) is 18.8. The lowest BCUT2D eigenvalue weighted by atomic mass is 10.0. The van der Waals surface area contributed by atoms with Gasteiger partial charge in [-0.15, -0.1) is 0 Å². The van der Waals surface area contributed by atoms with Crippen molar-refractivity contribution in [1.29, 1.82) is 0 Å². The number of benzene rings is 4. The van der Waals surface area contributed by atoms with Crippen LogP contribution in [-0.4, -0.2) is 56.9 Å². The highest BCUT2D eigenvalue weighted by Gasteiger charge is 2.22. The zero-order valence-corrected chi connectivity index (χ0v) is 29.3. The van der Waals surface area contributed by atoms with Crippen LogP contribution in [0.2, 0.25) is 0 Å². The van der Waals surface area contributed by atoms with E-state index in [1.54, 1.807) is 14.2 Å². The van der Waals surface area contributed by atoms with Crippen LogP contribution in [-0.2, 0) is 0 Å². The van der Waals surface area contributed by atoms with E-state index in [-0.39, 0.29) is 0 Å². The Bertz CT molecular complexity index is 1940. The second kappa shape index (κ2) is 15.1. The Labute approximate surface area is 290 Å². The van der Waals surface area contributed by atoms with Gasteiger partial charge in [0, 0.05) is 59.9 Å². The largest absolute Gasteiger partial charge is 0.497 e. The summed E-state index contributed by atoms with van der Waals surface area (Å²) in [5.74, 6) is 3.03. The van der Waals surface area contributed by atoms with Crippen LogP contribution in [0.15, 0.2) is 119 Å². The van der Waals surface area contributed by atoms with Crippen molar-refractivity contribution in [3.8, 4) is 33.9 Å². The number of hydrogen-bond acceptors (Lipinski definition) is 5. The zero-order chi connectivity index (χ0) is 34.3. The van der Waals surface area contributed by atoms with Gasteiger partial charge in [0.05, 0.1) is 19.9 Å². The van der Waals surface area contributed by atoms with E-state index >= 15 is 0 Å². The third-order valence-electron chi connectivity index (χ3n) is 9.16. The third-order valence-corrected chi connectivity index (χ3v) is 9.16. The minimum atomic E-state index is 0.658. The number of anilines is 2. The first kappa shape index (κ1) is 33.3. The molecule has 0 saturated carbocycles. The third kappa shape index (κ3) is 7.16. The van der Waals surface area contributed by atoms with E-state index in [1.165, 1.54) is 11.4 Å². The Balaban J connectivity index is 1.47. The van der Waals surface area contributed by atoms with Crippen LogP contribution in [0, 0.1) is 0 Å². The van der Waals surface area contributed by atoms with Crippen molar-refractivity contribution >= 4 is 34.3 Å². The van der Waals surface area contributed by atoms with Gasteiger partial charge < -0.3 is 24.3 Å². The number of aliphatic imine (C=N–C) groups is 2. The van der Waals surface area contributed by atoms with E-state index in [4.69, 9.17) is 19.5 Å². The molecular weight excluding hydrogens is 606 g/mol. The molecule has 1 aliphatic heterocycles. The van der Waals surface area contributed by atoms with Crippen molar-refractivity contribution in [3.05, 3.63) is 120 Å². The number of H-pyrrole nitrogens is 1. The second-order valence-corrected chi connectivity index (χ2v) is 11.8. The first-order valence-electron chi connectivity index (χ1n) is 17.1. The van der Waals surface area contributed by atoms with Gasteiger partial charge in [0.2, 0.25) is 0 Å². The molecule has 0 radical (unpaired) electrons. The van der Waals surface area contributed by atoms with Crippen LogP contribution in [0.1, 0.15) is 38.8 Å². The molecule has 0 unspecified atom stereocenters. The summed E-state index contributed by atoms with van der Waals surface area (Å²) < 4.78 is 10.8. The number of ether oxygens (including phenoxy) is 2. The average molecular weight is 652 g/mol. The van der Waals surface area contributed by atoms with Gasteiger partial charge in [-0.1, -0.05) is 24.3 Å². The monoisotopic (exact) mass is 651 g/mol. The van der Waals surface area contributed by atoms with E-state index in [2.05, 4.69) is 115 Å². The Hall–Kier alpha value is -5.56. The summed E-state index contributed by atoms with van der Waals surface area (Å²) in [7, 11) is 3.36. The Morgan fingerprint density at radius 3 is 1.55 bits per heavy atom. The highest BCUT2D eigenvalue weighted by molar-refractivity contribution is 6.38. The maximum atomic E-state index is 5.42. The van der Waals surface area contributed by atoms with Gasteiger partial charge >= 0.3 is 0 Å². The van der Waals surface area contributed by atoms with Crippen LogP contribution in [0.3, 0.4) is 0 Å². The topological polar surface area (TPSA) is 65.4 Å². The smallest absolute Gasteiger partial charge is 0.162 e. The van der Waals surface area contributed by atoms with Gasteiger partial charge in [-0.05, 0) is 129 Å². The van der Waals surface area contributed by atoms with E-state index in [0.717, 1.165) is 88.3 Å². The molecule has 0 atom stereocenters. The van der Waals surface area contributed by atoms with Crippen LogP contribution < -0.4 is 19.3 Å². The summed E-state index contributed by atoms with van der Waals surface area (Å²) in [5, 5.41) is 0. The summed E-state index contributed by atoms with van der Waals surface area (Å²) in [6.45, 7) is 12.6. The molecule has 0 spiro atoms. The molecule has 0 bridgehead atoms. The van der Waals surface area contributed by atoms with Crippen molar-refractivity contribution in [1.82, 2.24) is 4.98 Å². The molecule has 0 fully saturated rings. The molecule has 7 nitrogen and oxygen atoms in total. The van der Waals surface area contributed by atoms with Gasteiger partial charge in [-0.3, -0.25) is 0 Å². The van der Waals surface area contributed by atoms with Gasteiger partial charge in [0.1, 0.15) is 17.3 Å². The minimum absolute atomic E-state index is 0.658. The number of nitrogens with zero attached hydrogens (tertiary/aromatic N) is 4. The van der Waals surface area contributed by atoms with Gasteiger partial charge in [0.15, 0.2) is 5.84 Å². The maximum Gasteiger partial charge on any atom is 0.162 e. The van der Waals surface area contributed by atoms with Crippen molar-refractivity contribution in [3.63, 3.8) is 0 Å².